The molecule has 5 heteroatoms. The summed E-state index contributed by atoms with van der Waals surface area (Å²) in [6.45, 7) is 5.53. The summed E-state index contributed by atoms with van der Waals surface area (Å²) in [5.41, 5.74) is 2.12. The van der Waals surface area contributed by atoms with Crippen LogP contribution in [0.2, 0.25) is 0 Å². The first-order valence-electron chi connectivity index (χ1n) is 7.41. The maximum absolute atomic E-state index is 12.3. The Balaban J connectivity index is 2.50. The predicted molar refractivity (Wildman–Crippen MR) is 91.1 cm³/mol. The molecule has 0 saturated heterocycles. The van der Waals surface area contributed by atoms with E-state index < -0.39 is 5.41 Å². The monoisotopic (exact) mass is 311 g/mol. The van der Waals surface area contributed by atoms with Gasteiger partial charge in [0.1, 0.15) is 0 Å². The predicted octanol–water partition coefficient (Wildman–Crippen LogP) is 3.09. The molecule has 2 rings (SSSR count). The number of amides is 2. The minimum atomic E-state index is -0.520. The van der Waals surface area contributed by atoms with Gasteiger partial charge in [-0.1, -0.05) is 39.0 Å². The van der Waals surface area contributed by atoms with Crippen LogP contribution in [0.15, 0.2) is 42.7 Å². The Bertz CT molecular complexity index is 733. The minimum absolute atomic E-state index is 0.107. The lowest BCUT2D eigenvalue weighted by Gasteiger charge is -2.19. The largest absolute Gasteiger partial charge is 0.355 e. The molecule has 1 heterocycles. The maximum atomic E-state index is 12.3. The van der Waals surface area contributed by atoms with Gasteiger partial charge in [-0.05, 0) is 17.7 Å². The Morgan fingerprint density at radius 1 is 1.04 bits per heavy atom. The molecule has 0 atom stereocenters. The van der Waals surface area contributed by atoms with Crippen molar-refractivity contribution < 1.29 is 9.59 Å². The van der Waals surface area contributed by atoms with E-state index in [1.54, 1.807) is 31.6 Å². The molecule has 120 valence electrons. The number of benzene rings is 1. The van der Waals surface area contributed by atoms with Gasteiger partial charge in [0.15, 0.2) is 0 Å². The molecule has 1 aromatic carbocycles. The quantitative estimate of drug-likeness (QED) is 0.915. The zero-order valence-corrected chi connectivity index (χ0v) is 13.8. The first-order valence-corrected chi connectivity index (χ1v) is 7.41. The molecule has 2 N–H and O–H groups in total. The highest BCUT2D eigenvalue weighted by molar-refractivity contribution is 6.04. The van der Waals surface area contributed by atoms with Crippen LogP contribution in [0.4, 0.5) is 5.69 Å². The normalized spacial score (nSPS) is 11.0. The van der Waals surface area contributed by atoms with Gasteiger partial charge < -0.3 is 10.6 Å². The first kappa shape index (κ1) is 16.7. The molecule has 2 amide bonds. The second-order valence-corrected chi connectivity index (χ2v) is 6.25. The highest BCUT2D eigenvalue weighted by atomic mass is 16.2. The molecular formula is C18H21N3O2. The second-order valence-electron chi connectivity index (χ2n) is 6.25. The molecule has 2 aromatic rings. The lowest BCUT2D eigenvalue weighted by molar-refractivity contribution is -0.123. The molecule has 0 radical (unpaired) electrons. The molecule has 0 fully saturated rings. The Morgan fingerprint density at radius 3 is 2.39 bits per heavy atom. The van der Waals surface area contributed by atoms with Crippen LogP contribution in [-0.2, 0) is 4.79 Å². The van der Waals surface area contributed by atoms with Crippen LogP contribution >= 0.6 is 0 Å². The van der Waals surface area contributed by atoms with E-state index in [0.717, 1.165) is 11.1 Å². The lowest BCUT2D eigenvalue weighted by atomic mass is 9.94. The number of hydrogen-bond donors (Lipinski definition) is 2. The van der Waals surface area contributed by atoms with Crippen molar-refractivity contribution in [2.45, 2.75) is 20.8 Å². The number of aromatic nitrogens is 1. The van der Waals surface area contributed by atoms with Gasteiger partial charge in [0, 0.05) is 29.8 Å². The van der Waals surface area contributed by atoms with Crippen LogP contribution in [0.3, 0.4) is 0 Å². The van der Waals surface area contributed by atoms with Crippen LogP contribution in [0.5, 0.6) is 0 Å². The Labute approximate surface area is 136 Å². The number of pyridine rings is 1. The van der Waals surface area contributed by atoms with Gasteiger partial charge >= 0.3 is 0 Å². The standard InChI is InChI=1S/C18H21N3O2/c1-18(2,3)17(23)21-15-11-20-10-9-13(15)12-7-5-6-8-14(12)16(22)19-4/h5-11H,1-4H3,(H,19,22)(H,21,23). The average Bonchev–Trinajstić information content (AvgIpc) is 2.54. The van der Waals surface area contributed by atoms with Gasteiger partial charge in [0.25, 0.3) is 5.91 Å². The van der Waals surface area contributed by atoms with E-state index >= 15 is 0 Å². The van der Waals surface area contributed by atoms with Crippen molar-refractivity contribution in [2.75, 3.05) is 12.4 Å². The Hall–Kier alpha value is -2.69. The molecule has 0 bridgehead atoms. The number of carbonyl (C=O) groups excluding carboxylic acids is 2. The van der Waals surface area contributed by atoms with Gasteiger partial charge in [-0.3, -0.25) is 14.6 Å². The Kier molecular flexibility index (Phi) is 4.79. The molecule has 0 aliphatic rings. The van der Waals surface area contributed by atoms with Gasteiger partial charge in [-0.15, -0.1) is 0 Å². The van der Waals surface area contributed by atoms with Crippen molar-refractivity contribution >= 4 is 17.5 Å². The van der Waals surface area contributed by atoms with Crippen LogP contribution in [0.25, 0.3) is 11.1 Å². The van der Waals surface area contributed by atoms with Crippen molar-refractivity contribution in [1.82, 2.24) is 10.3 Å². The molecule has 0 aliphatic carbocycles. The number of anilines is 1. The molecule has 5 nitrogen and oxygen atoms in total. The number of rotatable bonds is 3. The third kappa shape index (κ3) is 3.74. The number of carbonyl (C=O) groups is 2. The van der Waals surface area contributed by atoms with E-state index in [1.165, 1.54) is 0 Å². The average molecular weight is 311 g/mol. The van der Waals surface area contributed by atoms with E-state index in [2.05, 4.69) is 15.6 Å². The summed E-state index contributed by atoms with van der Waals surface area (Å²) in [6, 6.07) is 9.07. The highest BCUT2D eigenvalue weighted by Crippen LogP contribution is 2.31. The van der Waals surface area contributed by atoms with Crippen LogP contribution < -0.4 is 10.6 Å². The highest BCUT2D eigenvalue weighted by Gasteiger charge is 2.23. The van der Waals surface area contributed by atoms with E-state index in [-0.39, 0.29) is 11.8 Å². The fourth-order valence-electron chi connectivity index (χ4n) is 2.09. The summed E-state index contributed by atoms with van der Waals surface area (Å²) in [5.74, 6) is -0.283. The van der Waals surface area contributed by atoms with Crippen molar-refractivity contribution in [2.24, 2.45) is 5.41 Å². The second kappa shape index (κ2) is 6.60. The van der Waals surface area contributed by atoms with Gasteiger partial charge in [-0.25, -0.2) is 0 Å². The minimum Gasteiger partial charge on any atom is -0.355 e. The van der Waals surface area contributed by atoms with Crippen LogP contribution in [-0.4, -0.2) is 23.8 Å². The molecule has 23 heavy (non-hydrogen) atoms. The van der Waals surface area contributed by atoms with Gasteiger partial charge in [0.2, 0.25) is 5.91 Å². The SMILES string of the molecule is CNC(=O)c1ccccc1-c1ccncc1NC(=O)C(C)(C)C. The van der Waals surface area contributed by atoms with Gasteiger partial charge in [0.05, 0.1) is 11.9 Å². The van der Waals surface area contributed by atoms with E-state index in [1.807, 2.05) is 39.0 Å². The topological polar surface area (TPSA) is 71.1 Å². The maximum Gasteiger partial charge on any atom is 0.251 e. The summed E-state index contributed by atoms with van der Waals surface area (Å²) in [6.07, 6.45) is 3.24. The van der Waals surface area contributed by atoms with E-state index in [9.17, 15) is 9.59 Å². The third-order valence-electron chi connectivity index (χ3n) is 3.44. The van der Waals surface area contributed by atoms with Crippen molar-refractivity contribution in [3.63, 3.8) is 0 Å². The van der Waals surface area contributed by atoms with Crippen molar-refractivity contribution in [1.29, 1.82) is 0 Å². The lowest BCUT2D eigenvalue weighted by Crippen LogP contribution is -2.28. The smallest absolute Gasteiger partial charge is 0.251 e. The summed E-state index contributed by atoms with van der Waals surface area (Å²) in [7, 11) is 1.59. The zero-order chi connectivity index (χ0) is 17.0. The molecule has 0 unspecified atom stereocenters. The summed E-state index contributed by atoms with van der Waals surface area (Å²) < 4.78 is 0. The third-order valence-corrected chi connectivity index (χ3v) is 3.44. The molecule has 0 saturated carbocycles. The Morgan fingerprint density at radius 2 is 1.74 bits per heavy atom. The number of nitrogens with zero attached hydrogens (tertiary/aromatic N) is 1. The first-order chi connectivity index (χ1) is 10.8. The fraction of sp³-hybridized carbons (Fsp3) is 0.278. The van der Waals surface area contributed by atoms with Crippen molar-refractivity contribution in [3.8, 4) is 11.1 Å². The molecule has 0 aliphatic heterocycles. The summed E-state index contributed by atoms with van der Waals surface area (Å²) in [4.78, 5) is 28.4. The molecular weight excluding hydrogens is 290 g/mol. The van der Waals surface area contributed by atoms with Crippen molar-refractivity contribution in [3.05, 3.63) is 48.3 Å². The van der Waals surface area contributed by atoms with Gasteiger partial charge in [-0.2, -0.15) is 0 Å². The van der Waals surface area contributed by atoms with E-state index in [0.29, 0.717) is 11.3 Å². The molecule has 0 spiro atoms. The van der Waals surface area contributed by atoms with Crippen LogP contribution in [0.1, 0.15) is 31.1 Å². The summed E-state index contributed by atoms with van der Waals surface area (Å²) in [5, 5.41) is 5.53. The van der Waals surface area contributed by atoms with Crippen LogP contribution in [0, 0.1) is 5.41 Å². The molecule has 1 aromatic heterocycles. The zero-order valence-electron chi connectivity index (χ0n) is 13.8. The number of hydrogen-bond acceptors (Lipinski definition) is 3. The fourth-order valence-corrected chi connectivity index (χ4v) is 2.09. The number of nitrogens with one attached hydrogen (secondary N) is 2. The van der Waals surface area contributed by atoms with E-state index in [4.69, 9.17) is 0 Å². The summed E-state index contributed by atoms with van der Waals surface area (Å²) >= 11 is 0.